The van der Waals surface area contributed by atoms with Crippen LogP contribution in [-0.2, 0) is 0 Å². The van der Waals surface area contributed by atoms with E-state index in [1.807, 2.05) is 30.3 Å². The summed E-state index contributed by atoms with van der Waals surface area (Å²) in [5.74, 6) is 1.82. The lowest BCUT2D eigenvalue weighted by molar-refractivity contribution is 0.324. The first-order valence-electron chi connectivity index (χ1n) is 9.69. The van der Waals surface area contributed by atoms with Gasteiger partial charge in [0.25, 0.3) is 6.01 Å². The second-order valence-corrected chi connectivity index (χ2v) is 7.09. The van der Waals surface area contributed by atoms with E-state index < -0.39 is 0 Å². The SMILES string of the molecule is COc1cc(-c2ccc3oc(NC4CCCCC4)nc3c2)cc(OC)c1OC. The van der Waals surface area contributed by atoms with Gasteiger partial charge >= 0.3 is 0 Å². The second-order valence-electron chi connectivity index (χ2n) is 7.09. The summed E-state index contributed by atoms with van der Waals surface area (Å²) in [6, 6.07) is 10.9. The molecule has 0 atom stereocenters. The monoisotopic (exact) mass is 382 g/mol. The largest absolute Gasteiger partial charge is 0.493 e. The second kappa shape index (κ2) is 8.00. The van der Waals surface area contributed by atoms with Crippen LogP contribution in [0.4, 0.5) is 6.01 Å². The van der Waals surface area contributed by atoms with Gasteiger partial charge in [-0.15, -0.1) is 0 Å². The molecule has 1 aliphatic carbocycles. The number of nitrogens with zero attached hydrogens (tertiary/aromatic N) is 1. The predicted molar refractivity (Wildman–Crippen MR) is 110 cm³/mol. The third-order valence-corrected chi connectivity index (χ3v) is 5.32. The Bertz CT molecular complexity index is 935. The van der Waals surface area contributed by atoms with Gasteiger partial charge in [-0.3, -0.25) is 0 Å². The van der Waals surface area contributed by atoms with Crippen molar-refractivity contribution >= 4 is 17.1 Å². The van der Waals surface area contributed by atoms with E-state index in [0.29, 0.717) is 29.3 Å². The molecule has 0 bridgehead atoms. The summed E-state index contributed by atoms with van der Waals surface area (Å²) in [7, 11) is 4.83. The highest BCUT2D eigenvalue weighted by Gasteiger charge is 2.17. The molecule has 6 nitrogen and oxygen atoms in total. The first-order valence-corrected chi connectivity index (χ1v) is 9.69. The number of nitrogens with one attached hydrogen (secondary N) is 1. The molecule has 148 valence electrons. The van der Waals surface area contributed by atoms with E-state index in [0.717, 1.165) is 22.2 Å². The van der Waals surface area contributed by atoms with Crippen molar-refractivity contribution in [2.75, 3.05) is 26.6 Å². The van der Waals surface area contributed by atoms with Crippen LogP contribution in [0.5, 0.6) is 17.2 Å². The fraction of sp³-hybridized carbons (Fsp3) is 0.409. The average Bonchev–Trinajstić information content (AvgIpc) is 3.14. The maximum absolute atomic E-state index is 5.90. The molecule has 0 amide bonds. The van der Waals surface area contributed by atoms with Gasteiger partial charge in [0.15, 0.2) is 17.1 Å². The van der Waals surface area contributed by atoms with Crippen molar-refractivity contribution in [3.63, 3.8) is 0 Å². The van der Waals surface area contributed by atoms with E-state index in [1.165, 1.54) is 32.1 Å². The summed E-state index contributed by atoms with van der Waals surface area (Å²) in [5.41, 5.74) is 3.56. The molecule has 2 aromatic carbocycles. The zero-order chi connectivity index (χ0) is 19.5. The number of anilines is 1. The normalized spacial score (nSPS) is 14.8. The van der Waals surface area contributed by atoms with Crippen molar-refractivity contribution in [1.29, 1.82) is 0 Å². The van der Waals surface area contributed by atoms with Crippen molar-refractivity contribution in [1.82, 2.24) is 4.98 Å². The van der Waals surface area contributed by atoms with E-state index in [9.17, 15) is 0 Å². The molecule has 0 spiro atoms. The molecule has 0 unspecified atom stereocenters. The van der Waals surface area contributed by atoms with Gasteiger partial charge in [-0.05, 0) is 48.2 Å². The number of hydrogen-bond donors (Lipinski definition) is 1. The van der Waals surface area contributed by atoms with Gasteiger partial charge in [-0.1, -0.05) is 25.3 Å². The Hall–Kier alpha value is -2.89. The number of oxazole rings is 1. The van der Waals surface area contributed by atoms with Gasteiger partial charge in [-0.25, -0.2) is 0 Å². The van der Waals surface area contributed by atoms with Crippen molar-refractivity contribution in [3.05, 3.63) is 30.3 Å². The highest BCUT2D eigenvalue weighted by atomic mass is 16.5. The summed E-state index contributed by atoms with van der Waals surface area (Å²) in [5, 5.41) is 3.45. The molecule has 0 radical (unpaired) electrons. The fourth-order valence-electron chi connectivity index (χ4n) is 3.84. The summed E-state index contributed by atoms with van der Waals surface area (Å²) >= 11 is 0. The molecule has 1 aromatic heterocycles. The van der Waals surface area contributed by atoms with E-state index >= 15 is 0 Å². The van der Waals surface area contributed by atoms with E-state index in [4.69, 9.17) is 18.6 Å². The van der Waals surface area contributed by atoms with Crippen molar-refractivity contribution < 1.29 is 18.6 Å². The Morgan fingerprint density at radius 3 is 2.25 bits per heavy atom. The molecule has 3 aromatic rings. The van der Waals surface area contributed by atoms with Crippen LogP contribution < -0.4 is 19.5 Å². The highest BCUT2D eigenvalue weighted by Crippen LogP contribution is 2.41. The van der Waals surface area contributed by atoms with E-state index in [1.54, 1.807) is 21.3 Å². The maximum atomic E-state index is 5.90. The lowest BCUT2D eigenvalue weighted by atomic mass is 9.96. The van der Waals surface area contributed by atoms with Crippen molar-refractivity contribution in [3.8, 4) is 28.4 Å². The Balaban J connectivity index is 1.66. The number of fused-ring (bicyclic) bond motifs is 1. The Morgan fingerprint density at radius 2 is 1.61 bits per heavy atom. The molecule has 1 fully saturated rings. The molecular weight excluding hydrogens is 356 g/mol. The third kappa shape index (κ3) is 3.59. The molecule has 6 heteroatoms. The van der Waals surface area contributed by atoms with Crippen LogP contribution in [0.1, 0.15) is 32.1 Å². The molecular formula is C22H26N2O4. The van der Waals surface area contributed by atoms with Gasteiger partial charge in [0.2, 0.25) is 5.75 Å². The minimum Gasteiger partial charge on any atom is -0.493 e. The van der Waals surface area contributed by atoms with Crippen molar-refractivity contribution in [2.24, 2.45) is 0 Å². The quantitative estimate of drug-likeness (QED) is 0.627. The average molecular weight is 382 g/mol. The molecule has 28 heavy (non-hydrogen) atoms. The van der Waals surface area contributed by atoms with Crippen molar-refractivity contribution in [2.45, 2.75) is 38.1 Å². The van der Waals surface area contributed by atoms with Gasteiger partial charge in [0.1, 0.15) is 5.52 Å². The summed E-state index contributed by atoms with van der Waals surface area (Å²) in [6.45, 7) is 0. The molecule has 0 saturated heterocycles. The van der Waals surface area contributed by atoms with Gasteiger partial charge in [0, 0.05) is 6.04 Å². The van der Waals surface area contributed by atoms with Crippen LogP contribution in [0.3, 0.4) is 0 Å². The van der Waals surface area contributed by atoms with Gasteiger partial charge in [-0.2, -0.15) is 4.98 Å². The van der Waals surface area contributed by atoms with E-state index in [-0.39, 0.29) is 0 Å². The summed E-state index contributed by atoms with van der Waals surface area (Å²) < 4.78 is 22.2. The predicted octanol–water partition coefficient (Wildman–Crippen LogP) is 5.27. The standard InChI is InChI=1S/C22H26N2O4/c1-25-19-12-15(13-20(26-2)21(19)27-3)14-9-10-18-17(11-14)24-22(28-18)23-16-7-5-4-6-8-16/h9-13,16H,4-8H2,1-3H3,(H,23,24). The van der Waals surface area contributed by atoms with Crippen LogP contribution in [-0.4, -0.2) is 32.4 Å². The summed E-state index contributed by atoms with van der Waals surface area (Å²) in [6.07, 6.45) is 6.21. The van der Waals surface area contributed by atoms with Gasteiger partial charge in [0.05, 0.1) is 21.3 Å². The van der Waals surface area contributed by atoms with E-state index in [2.05, 4.69) is 10.3 Å². The zero-order valence-corrected chi connectivity index (χ0v) is 16.6. The fourth-order valence-corrected chi connectivity index (χ4v) is 3.84. The highest BCUT2D eigenvalue weighted by molar-refractivity contribution is 5.82. The number of benzene rings is 2. The van der Waals surface area contributed by atoms with Crippen LogP contribution >= 0.6 is 0 Å². The lowest BCUT2D eigenvalue weighted by Gasteiger charge is -2.21. The minimum absolute atomic E-state index is 0.455. The molecule has 0 aliphatic heterocycles. The van der Waals surface area contributed by atoms with Crippen LogP contribution in [0.2, 0.25) is 0 Å². The lowest BCUT2D eigenvalue weighted by Crippen LogP contribution is -2.22. The molecule has 1 N–H and O–H groups in total. The maximum Gasteiger partial charge on any atom is 0.295 e. The number of aromatic nitrogens is 1. The first-order chi connectivity index (χ1) is 13.7. The minimum atomic E-state index is 0.455. The van der Waals surface area contributed by atoms with Crippen LogP contribution in [0.25, 0.3) is 22.2 Å². The zero-order valence-electron chi connectivity index (χ0n) is 16.6. The number of ether oxygens (including phenoxy) is 3. The molecule has 4 rings (SSSR count). The molecule has 1 aliphatic rings. The molecule has 1 saturated carbocycles. The van der Waals surface area contributed by atoms with Crippen LogP contribution in [0, 0.1) is 0 Å². The van der Waals surface area contributed by atoms with Gasteiger partial charge < -0.3 is 23.9 Å². The Labute approximate surface area is 164 Å². The topological polar surface area (TPSA) is 65.8 Å². The molecule has 1 heterocycles. The Morgan fingerprint density at radius 1 is 0.893 bits per heavy atom. The Kier molecular flexibility index (Phi) is 5.28. The smallest absolute Gasteiger partial charge is 0.295 e. The number of methoxy groups -OCH3 is 3. The number of hydrogen-bond acceptors (Lipinski definition) is 6. The summed E-state index contributed by atoms with van der Waals surface area (Å²) in [4.78, 5) is 4.65. The first kappa shape index (κ1) is 18.5. The third-order valence-electron chi connectivity index (χ3n) is 5.32. The van der Waals surface area contributed by atoms with Crippen LogP contribution in [0.15, 0.2) is 34.7 Å². The number of rotatable bonds is 6.